The molecular formula is C24H32N2O4. The summed E-state index contributed by atoms with van der Waals surface area (Å²) in [5.74, 6) is 0.852. The molecule has 4 aliphatic rings. The van der Waals surface area contributed by atoms with Crippen LogP contribution in [-0.2, 0) is 30.8 Å². The lowest BCUT2D eigenvalue weighted by Gasteiger charge is -2.58. The number of carbonyl (C=O) groups is 1. The quantitative estimate of drug-likeness (QED) is 0.560. The molecule has 162 valence electrons. The molecule has 0 spiro atoms. The molecule has 3 fully saturated rings. The number of benzene rings is 1. The predicted octanol–water partition coefficient (Wildman–Crippen LogP) is 2.90. The summed E-state index contributed by atoms with van der Waals surface area (Å²) in [5, 5.41) is 1.25. The number of carbonyl (C=O) groups excluding carboxylic acids is 1. The Balaban J connectivity index is 1.65. The van der Waals surface area contributed by atoms with Gasteiger partial charge >= 0.3 is 5.97 Å². The largest absolute Gasteiger partial charge is 0.462 e. The number of esters is 1. The maximum absolute atomic E-state index is 13.9. The van der Waals surface area contributed by atoms with Crippen molar-refractivity contribution in [3.63, 3.8) is 0 Å². The predicted molar refractivity (Wildman–Crippen MR) is 115 cm³/mol. The summed E-state index contributed by atoms with van der Waals surface area (Å²) in [6, 6.07) is 8.60. The second-order valence-electron chi connectivity index (χ2n) is 9.16. The topological polar surface area (TPSA) is 63.8 Å². The Kier molecular flexibility index (Phi) is 5.33. The first kappa shape index (κ1) is 20.0. The molecule has 6 heteroatoms. The summed E-state index contributed by atoms with van der Waals surface area (Å²) < 4.78 is 16.5. The number of piperidine rings is 2. The molecule has 30 heavy (non-hydrogen) atoms. The molecule has 1 aromatic carbocycles. The average molecular weight is 413 g/mol. The van der Waals surface area contributed by atoms with Crippen molar-refractivity contribution in [2.45, 2.75) is 37.1 Å². The van der Waals surface area contributed by atoms with Crippen molar-refractivity contribution in [2.24, 2.45) is 11.8 Å². The first-order chi connectivity index (χ1) is 14.7. The van der Waals surface area contributed by atoms with Crippen LogP contribution in [0.15, 0.2) is 24.3 Å². The molecule has 1 N–H and O–H groups in total. The summed E-state index contributed by atoms with van der Waals surface area (Å²) in [6.45, 7) is 3.53. The van der Waals surface area contributed by atoms with E-state index in [2.05, 4.69) is 34.1 Å². The van der Waals surface area contributed by atoms with Crippen molar-refractivity contribution in [1.29, 1.82) is 0 Å². The van der Waals surface area contributed by atoms with E-state index in [1.165, 1.54) is 17.4 Å². The maximum Gasteiger partial charge on any atom is 0.319 e. The van der Waals surface area contributed by atoms with Gasteiger partial charge in [-0.2, -0.15) is 0 Å². The molecule has 5 atom stereocenters. The van der Waals surface area contributed by atoms with Gasteiger partial charge in [-0.25, -0.2) is 0 Å². The third-order valence-corrected chi connectivity index (χ3v) is 7.57. The third kappa shape index (κ3) is 3.00. The number of hydrogen-bond acceptors (Lipinski definition) is 5. The summed E-state index contributed by atoms with van der Waals surface area (Å²) in [4.78, 5) is 20.1. The Morgan fingerprint density at radius 1 is 1.20 bits per heavy atom. The van der Waals surface area contributed by atoms with Crippen molar-refractivity contribution >= 4 is 16.9 Å². The van der Waals surface area contributed by atoms with Crippen LogP contribution in [0.5, 0.6) is 0 Å². The smallest absolute Gasteiger partial charge is 0.319 e. The van der Waals surface area contributed by atoms with Crippen LogP contribution < -0.4 is 0 Å². The first-order valence-corrected chi connectivity index (χ1v) is 11.2. The molecule has 3 aliphatic heterocycles. The number of ether oxygens (including phenoxy) is 3. The van der Waals surface area contributed by atoms with Crippen molar-refractivity contribution in [2.75, 3.05) is 47.1 Å². The number of aromatic nitrogens is 1. The lowest BCUT2D eigenvalue weighted by atomic mass is 9.56. The van der Waals surface area contributed by atoms with E-state index in [1.807, 2.05) is 0 Å². The second kappa shape index (κ2) is 7.98. The number of para-hydroxylation sites is 1. The van der Waals surface area contributed by atoms with Crippen molar-refractivity contribution in [1.82, 2.24) is 9.88 Å². The van der Waals surface area contributed by atoms with Crippen LogP contribution in [0.4, 0.5) is 0 Å². The van der Waals surface area contributed by atoms with Gasteiger partial charge in [-0.1, -0.05) is 18.2 Å². The molecule has 1 aliphatic carbocycles. The van der Waals surface area contributed by atoms with E-state index in [9.17, 15) is 4.79 Å². The highest BCUT2D eigenvalue weighted by Crippen LogP contribution is 2.55. The molecule has 4 bridgehead atoms. The lowest BCUT2D eigenvalue weighted by molar-refractivity contribution is -0.167. The van der Waals surface area contributed by atoms with Crippen molar-refractivity contribution in [3.05, 3.63) is 35.5 Å². The minimum Gasteiger partial charge on any atom is -0.462 e. The number of rotatable bonds is 7. The van der Waals surface area contributed by atoms with E-state index in [1.54, 1.807) is 14.2 Å². The Labute approximate surface area is 177 Å². The van der Waals surface area contributed by atoms with Crippen LogP contribution >= 0.6 is 0 Å². The number of hydrogen-bond donors (Lipinski definition) is 1. The first-order valence-electron chi connectivity index (χ1n) is 11.2. The van der Waals surface area contributed by atoms with Crippen molar-refractivity contribution in [3.8, 4) is 0 Å². The fourth-order valence-electron chi connectivity index (χ4n) is 6.59. The van der Waals surface area contributed by atoms with Crippen LogP contribution in [0.3, 0.4) is 0 Å². The molecule has 4 heterocycles. The zero-order chi connectivity index (χ0) is 20.7. The van der Waals surface area contributed by atoms with Gasteiger partial charge in [0.25, 0.3) is 0 Å². The Morgan fingerprint density at radius 3 is 2.87 bits per heavy atom. The van der Waals surface area contributed by atoms with Crippen LogP contribution in [0.2, 0.25) is 0 Å². The summed E-state index contributed by atoms with van der Waals surface area (Å²) in [7, 11) is 3.40. The number of nitrogens with one attached hydrogen (secondary N) is 1. The van der Waals surface area contributed by atoms with Gasteiger partial charge in [0.1, 0.15) is 12.0 Å². The van der Waals surface area contributed by atoms with Crippen LogP contribution in [0.1, 0.15) is 30.5 Å². The van der Waals surface area contributed by atoms with E-state index in [4.69, 9.17) is 14.2 Å². The third-order valence-electron chi connectivity index (χ3n) is 7.57. The summed E-state index contributed by atoms with van der Waals surface area (Å²) in [6.07, 6.45) is 3.99. The van der Waals surface area contributed by atoms with Gasteiger partial charge < -0.3 is 19.2 Å². The molecule has 1 saturated carbocycles. The molecule has 0 radical (unpaired) electrons. The molecule has 2 aromatic rings. The number of methoxy groups -OCH3 is 2. The highest BCUT2D eigenvalue weighted by atomic mass is 16.6. The molecule has 0 amide bonds. The number of nitrogens with zero attached hydrogens (tertiary/aromatic N) is 1. The van der Waals surface area contributed by atoms with E-state index >= 15 is 0 Å². The summed E-state index contributed by atoms with van der Waals surface area (Å²) >= 11 is 0. The van der Waals surface area contributed by atoms with E-state index in [0.717, 1.165) is 50.2 Å². The second-order valence-corrected chi connectivity index (χ2v) is 9.16. The van der Waals surface area contributed by atoms with Crippen molar-refractivity contribution < 1.29 is 19.0 Å². The van der Waals surface area contributed by atoms with Gasteiger partial charge in [0.05, 0.1) is 6.61 Å². The SMILES string of the molecule is COCCOC(=O)[C@@]12CC3C[C@H](CCOC)C1N(CCc1c2[nH]c2ccccc12)C3. The van der Waals surface area contributed by atoms with E-state index in [0.29, 0.717) is 25.0 Å². The zero-order valence-corrected chi connectivity index (χ0v) is 18.0. The Hall–Kier alpha value is -1.89. The van der Waals surface area contributed by atoms with Crippen LogP contribution in [0, 0.1) is 11.8 Å². The Morgan fingerprint density at radius 2 is 2.03 bits per heavy atom. The summed E-state index contributed by atoms with van der Waals surface area (Å²) in [5.41, 5.74) is 2.88. The zero-order valence-electron chi connectivity index (χ0n) is 18.0. The van der Waals surface area contributed by atoms with Gasteiger partial charge in [0.2, 0.25) is 0 Å². The maximum atomic E-state index is 13.9. The number of H-pyrrole nitrogens is 1. The normalized spacial score (nSPS) is 32.1. The van der Waals surface area contributed by atoms with Gasteiger partial charge in [0.15, 0.2) is 0 Å². The van der Waals surface area contributed by atoms with Gasteiger partial charge in [-0.15, -0.1) is 0 Å². The van der Waals surface area contributed by atoms with Crippen LogP contribution in [-0.4, -0.2) is 69.0 Å². The van der Waals surface area contributed by atoms with Gasteiger partial charge in [-0.05, 0) is 49.1 Å². The minimum atomic E-state index is -0.641. The lowest BCUT2D eigenvalue weighted by Crippen LogP contribution is -2.67. The monoisotopic (exact) mass is 412 g/mol. The Bertz CT molecular complexity index is 925. The van der Waals surface area contributed by atoms with Gasteiger partial charge in [-0.3, -0.25) is 9.69 Å². The molecule has 1 aromatic heterocycles. The highest BCUT2D eigenvalue weighted by molar-refractivity contribution is 5.91. The van der Waals surface area contributed by atoms with E-state index in [-0.39, 0.29) is 12.0 Å². The van der Waals surface area contributed by atoms with E-state index < -0.39 is 5.41 Å². The number of fused-ring (bicyclic) bond motifs is 4. The molecule has 2 saturated heterocycles. The fraction of sp³-hybridized carbons (Fsp3) is 0.625. The molecular weight excluding hydrogens is 380 g/mol. The standard InChI is InChI=1S/C24H32N2O4/c1-28-10-8-17-13-16-14-24(23(27)30-12-11-29-2)21-19(7-9-26(15-16)22(17)24)18-5-3-4-6-20(18)25-21/h3-6,16-17,22,25H,7-15H2,1-2H3/t16?,17-,22?,24+/m0/s1. The van der Waals surface area contributed by atoms with Crippen LogP contribution in [0.25, 0.3) is 10.9 Å². The van der Waals surface area contributed by atoms with Gasteiger partial charge in [0, 0.05) is 56.6 Å². The molecule has 3 unspecified atom stereocenters. The number of aromatic amines is 1. The highest BCUT2D eigenvalue weighted by Gasteiger charge is 2.63. The fourth-order valence-corrected chi connectivity index (χ4v) is 6.59. The minimum absolute atomic E-state index is 0.0870. The molecule has 6 rings (SSSR count). The average Bonchev–Trinajstić information content (AvgIpc) is 3.10. The molecule has 6 nitrogen and oxygen atoms in total.